The minimum atomic E-state index is -0.0905. The second-order valence-corrected chi connectivity index (χ2v) is 6.02. The molecule has 0 fully saturated rings. The molecule has 6 heteroatoms. The molecule has 127 valence electrons. The molecule has 0 saturated heterocycles. The Hall–Kier alpha value is -2.43. The summed E-state index contributed by atoms with van der Waals surface area (Å²) >= 11 is 0. The summed E-state index contributed by atoms with van der Waals surface area (Å²) in [7, 11) is 0. The minimum absolute atomic E-state index is 0. The van der Waals surface area contributed by atoms with E-state index in [1.807, 2.05) is 36.7 Å². The summed E-state index contributed by atoms with van der Waals surface area (Å²) < 4.78 is 2.05. The van der Waals surface area contributed by atoms with Crippen molar-refractivity contribution >= 4 is 11.5 Å². The Labute approximate surface area is 159 Å². The quantitative estimate of drug-likeness (QED) is 0.470. The average molecular weight is 506 g/mol. The van der Waals surface area contributed by atoms with Gasteiger partial charge in [-0.1, -0.05) is 23.8 Å². The molecular weight excluding hydrogens is 490 g/mol. The topological polar surface area (TPSA) is 48.1 Å². The number of benzene rings is 2. The van der Waals surface area contributed by atoms with Gasteiger partial charge in [-0.3, -0.25) is 4.57 Å². The largest absolute Gasteiger partial charge is 0.666 e. The van der Waals surface area contributed by atoms with E-state index >= 15 is 0 Å². The maximum Gasteiger partial charge on any atom is 0.135 e. The van der Waals surface area contributed by atoms with Gasteiger partial charge in [-0.15, -0.1) is 27.5 Å². The predicted molar refractivity (Wildman–Crippen MR) is 93.1 cm³/mol. The van der Waals surface area contributed by atoms with Crippen LogP contribution in [0, 0.1) is 19.9 Å². The molecule has 1 atom stereocenters. The van der Waals surface area contributed by atoms with Crippen LogP contribution in [0.15, 0.2) is 48.7 Å². The van der Waals surface area contributed by atoms with Crippen LogP contribution in [0.5, 0.6) is 0 Å². The molecular formula is C19H15IrN5-2. The van der Waals surface area contributed by atoms with Crippen molar-refractivity contribution in [3.63, 3.8) is 0 Å². The van der Waals surface area contributed by atoms with Gasteiger partial charge in [0.1, 0.15) is 11.6 Å². The van der Waals surface area contributed by atoms with E-state index in [9.17, 15) is 0 Å². The number of aromatic nitrogens is 3. The standard InChI is InChI=1S/C19H15N5.Ir/c1-12-21-22-13(2)23(12)18-11-20-19-16-9-4-3-7-14(16)15-8-5-6-10-17(15)24(18)19;/h3-8,10-11,19H,1-2H3;/q-2;. The van der Waals surface area contributed by atoms with Crippen molar-refractivity contribution in [2.24, 2.45) is 0 Å². The third-order valence-electron chi connectivity index (χ3n) is 4.64. The molecule has 2 aliphatic rings. The molecule has 0 bridgehead atoms. The summed E-state index contributed by atoms with van der Waals surface area (Å²) in [6.07, 6.45) is 1.83. The number of rotatable bonds is 1. The molecule has 5 rings (SSSR count). The van der Waals surface area contributed by atoms with Crippen LogP contribution in [0.1, 0.15) is 23.4 Å². The molecule has 0 saturated carbocycles. The Morgan fingerprint density at radius 1 is 1.00 bits per heavy atom. The van der Waals surface area contributed by atoms with E-state index in [1.165, 1.54) is 11.1 Å². The number of para-hydroxylation sites is 1. The van der Waals surface area contributed by atoms with Crippen LogP contribution in [0.3, 0.4) is 0 Å². The van der Waals surface area contributed by atoms with Gasteiger partial charge in [0.2, 0.25) is 0 Å². The molecule has 2 aliphatic heterocycles. The summed E-state index contributed by atoms with van der Waals surface area (Å²) in [5.41, 5.74) is 4.65. The molecule has 25 heavy (non-hydrogen) atoms. The molecule has 1 radical (unpaired) electrons. The van der Waals surface area contributed by atoms with E-state index in [0.717, 1.165) is 28.7 Å². The zero-order valence-electron chi connectivity index (χ0n) is 13.8. The number of hydrogen-bond donors (Lipinski definition) is 0. The average Bonchev–Trinajstić information content (AvgIpc) is 3.19. The van der Waals surface area contributed by atoms with Gasteiger partial charge in [-0.05, 0) is 26.1 Å². The Morgan fingerprint density at radius 2 is 1.72 bits per heavy atom. The van der Waals surface area contributed by atoms with Crippen LogP contribution >= 0.6 is 0 Å². The monoisotopic (exact) mass is 506 g/mol. The van der Waals surface area contributed by atoms with Gasteiger partial charge in [0.25, 0.3) is 0 Å². The number of aryl methyl sites for hydroxylation is 2. The number of fused-ring (bicyclic) bond motifs is 6. The Balaban J connectivity index is 0.00000157. The third-order valence-corrected chi connectivity index (χ3v) is 4.64. The van der Waals surface area contributed by atoms with Gasteiger partial charge in [0.15, 0.2) is 0 Å². The maximum atomic E-state index is 4.77. The summed E-state index contributed by atoms with van der Waals surface area (Å²) in [5.74, 6) is 2.69. The van der Waals surface area contributed by atoms with E-state index in [4.69, 9.17) is 5.32 Å². The summed E-state index contributed by atoms with van der Waals surface area (Å²) in [5, 5.41) is 13.2. The van der Waals surface area contributed by atoms with Crippen LogP contribution in [0.25, 0.3) is 22.3 Å². The molecule has 0 spiro atoms. The van der Waals surface area contributed by atoms with Crippen LogP contribution in [-0.4, -0.2) is 14.8 Å². The van der Waals surface area contributed by atoms with Gasteiger partial charge in [-0.2, -0.15) is 24.3 Å². The fraction of sp³-hybridized carbons (Fsp3) is 0.158. The van der Waals surface area contributed by atoms with Crippen molar-refractivity contribution < 1.29 is 20.1 Å². The molecule has 2 aromatic carbocycles. The van der Waals surface area contributed by atoms with Crippen molar-refractivity contribution in [3.8, 4) is 11.1 Å². The van der Waals surface area contributed by atoms with E-state index in [-0.39, 0.29) is 26.3 Å². The molecule has 1 aromatic heterocycles. The van der Waals surface area contributed by atoms with Crippen LogP contribution in [-0.2, 0) is 20.1 Å². The summed E-state index contributed by atoms with van der Waals surface area (Å²) in [4.78, 5) is 2.25. The first-order valence-corrected chi connectivity index (χ1v) is 7.94. The molecule has 3 heterocycles. The van der Waals surface area contributed by atoms with Gasteiger partial charge in [0, 0.05) is 25.8 Å². The van der Waals surface area contributed by atoms with Crippen molar-refractivity contribution in [2.45, 2.75) is 20.0 Å². The second kappa shape index (κ2) is 5.83. The molecule has 0 amide bonds. The van der Waals surface area contributed by atoms with Gasteiger partial charge in [-0.25, -0.2) is 0 Å². The van der Waals surface area contributed by atoms with Gasteiger partial charge < -0.3 is 10.2 Å². The zero-order valence-corrected chi connectivity index (χ0v) is 16.2. The zero-order chi connectivity index (χ0) is 16.3. The fourth-order valence-electron chi connectivity index (χ4n) is 3.63. The maximum absolute atomic E-state index is 4.77. The Morgan fingerprint density at radius 3 is 2.52 bits per heavy atom. The molecule has 1 unspecified atom stereocenters. The summed E-state index contributed by atoms with van der Waals surface area (Å²) in [6.45, 7) is 3.92. The van der Waals surface area contributed by atoms with Gasteiger partial charge in [0.05, 0.1) is 5.82 Å². The van der Waals surface area contributed by atoms with Crippen molar-refractivity contribution in [2.75, 3.05) is 4.90 Å². The Kier molecular flexibility index (Phi) is 3.74. The second-order valence-electron chi connectivity index (χ2n) is 6.02. The molecule has 0 aliphatic carbocycles. The SMILES string of the molecule is Cc1nnc(C)n1C1=C[N-]C2c3[c-]cccc3-c3ccccc3N12.[Ir]. The van der Waals surface area contributed by atoms with Crippen LogP contribution in [0.4, 0.5) is 5.69 Å². The Bertz CT molecular complexity index is 971. The third kappa shape index (κ3) is 2.18. The van der Waals surface area contributed by atoms with Crippen molar-refractivity contribution in [3.05, 3.63) is 77.3 Å². The first-order chi connectivity index (χ1) is 11.8. The van der Waals surface area contributed by atoms with E-state index < -0.39 is 0 Å². The smallest absolute Gasteiger partial charge is 0.135 e. The molecule has 3 aromatic rings. The van der Waals surface area contributed by atoms with E-state index in [2.05, 4.69) is 51.5 Å². The first kappa shape index (κ1) is 16.1. The van der Waals surface area contributed by atoms with Crippen molar-refractivity contribution in [1.82, 2.24) is 14.8 Å². The number of nitrogens with zero attached hydrogens (tertiary/aromatic N) is 5. The first-order valence-electron chi connectivity index (χ1n) is 7.94. The number of hydrogen-bond acceptors (Lipinski definition) is 3. The fourth-order valence-corrected chi connectivity index (χ4v) is 3.63. The van der Waals surface area contributed by atoms with E-state index in [1.54, 1.807) is 0 Å². The summed E-state index contributed by atoms with van der Waals surface area (Å²) in [6, 6.07) is 17.9. The van der Waals surface area contributed by atoms with Crippen LogP contribution in [0.2, 0.25) is 0 Å². The normalized spacial score (nSPS) is 17.0. The minimum Gasteiger partial charge on any atom is -0.666 e. The number of anilines is 1. The van der Waals surface area contributed by atoms with Gasteiger partial charge >= 0.3 is 0 Å². The molecule has 5 nitrogen and oxygen atoms in total. The van der Waals surface area contributed by atoms with Crippen LogP contribution < -0.4 is 4.90 Å². The van der Waals surface area contributed by atoms with Crippen molar-refractivity contribution in [1.29, 1.82) is 0 Å². The molecule has 0 N–H and O–H groups in total. The van der Waals surface area contributed by atoms with E-state index in [0.29, 0.717) is 0 Å². The predicted octanol–water partition coefficient (Wildman–Crippen LogP) is 4.02.